The van der Waals surface area contributed by atoms with E-state index >= 15 is 0 Å². The first-order chi connectivity index (χ1) is 17.9. The Hall–Kier alpha value is -4.86. The highest BCUT2D eigenvalue weighted by Crippen LogP contribution is 2.16. The number of non-ortho nitro benzene ring substituents is 1. The molecule has 0 saturated heterocycles. The van der Waals surface area contributed by atoms with Crippen molar-refractivity contribution in [2.75, 3.05) is 6.54 Å². The highest BCUT2D eigenvalue weighted by molar-refractivity contribution is 5.94. The standard InChI is InChI=1S/C27H26N4O6/c32-25(12-5-2-6-17-28-26(33)21-9-3-1-4-10-21)30-29-19-20-8-7-11-24(18-20)37-27(34)22-13-15-23(16-14-22)31(35)36/h1,3-4,7-11,13-16,18-19H,2,5-6,12,17H2,(H,28,33)(H,30,32). The number of hydrogen-bond donors (Lipinski definition) is 2. The van der Waals surface area contributed by atoms with Gasteiger partial charge in [0.2, 0.25) is 5.91 Å². The second-order valence-electron chi connectivity index (χ2n) is 7.99. The topological polar surface area (TPSA) is 140 Å². The molecule has 0 heterocycles. The van der Waals surface area contributed by atoms with Crippen LogP contribution in [-0.2, 0) is 4.79 Å². The second kappa shape index (κ2) is 13.9. The summed E-state index contributed by atoms with van der Waals surface area (Å²) in [5.74, 6) is -0.738. The fourth-order valence-electron chi connectivity index (χ4n) is 3.26. The number of nitro groups is 1. The van der Waals surface area contributed by atoms with Gasteiger partial charge in [-0.2, -0.15) is 5.10 Å². The number of nitrogens with one attached hydrogen (secondary N) is 2. The summed E-state index contributed by atoms with van der Waals surface area (Å²) >= 11 is 0. The zero-order chi connectivity index (χ0) is 26.5. The Morgan fingerprint density at radius 1 is 0.892 bits per heavy atom. The van der Waals surface area contributed by atoms with Crippen molar-refractivity contribution in [2.45, 2.75) is 25.7 Å². The number of hydrogen-bond acceptors (Lipinski definition) is 7. The van der Waals surface area contributed by atoms with Gasteiger partial charge in [-0.05, 0) is 54.8 Å². The fraction of sp³-hybridized carbons (Fsp3) is 0.185. The summed E-state index contributed by atoms with van der Waals surface area (Å²) in [6, 6.07) is 20.6. The van der Waals surface area contributed by atoms with Crippen molar-refractivity contribution in [1.82, 2.24) is 10.7 Å². The summed E-state index contributed by atoms with van der Waals surface area (Å²) in [4.78, 5) is 46.4. The Morgan fingerprint density at radius 2 is 1.65 bits per heavy atom. The summed E-state index contributed by atoms with van der Waals surface area (Å²) in [7, 11) is 0. The number of carbonyl (C=O) groups is 3. The van der Waals surface area contributed by atoms with Crippen LogP contribution in [0.25, 0.3) is 0 Å². The number of nitro benzene ring substituents is 1. The largest absolute Gasteiger partial charge is 0.423 e. The molecule has 0 aliphatic carbocycles. The predicted molar refractivity (Wildman–Crippen MR) is 137 cm³/mol. The minimum atomic E-state index is -0.656. The fourth-order valence-corrected chi connectivity index (χ4v) is 3.26. The van der Waals surface area contributed by atoms with Crippen LogP contribution in [0.5, 0.6) is 5.75 Å². The third-order valence-corrected chi connectivity index (χ3v) is 5.19. The lowest BCUT2D eigenvalue weighted by Crippen LogP contribution is -2.24. The molecule has 0 aromatic heterocycles. The second-order valence-corrected chi connectivity index (χ2v) is 7.99. The van der Waals surface area contributed by atoms with Gasteiger partial charge in [0.1, 0.15) is 5.75 Å². The lowest BCUT2D eigenvalue weighted by molar-refractivity contribution is -0.384. The van der Waals surface area contributed by atoms with Crippen molar-refractivity contribution >= 4 is 29.7 Å². The van der Waals surface area contributed by atoms with E-state index in [0.717, 1.165) is 12.8 Å². The van der Waals surface area contributed by atoms with Crippen molar-refractivity contribution in [3.8, 4) is 5.75 Å². The molecule has 0 unspecified atom stereocenters. The number of hydrazone groups is 1. The maximum atomic E-state index is 12.3. The van der Waals surface area contributed by atoms with Crippen molar-refractivity contribution in [1.29, 1.82) is 0 Å². The zero-order valence-corrected chi connectivity index (χ0v) is 20.0. The van der Waals surface area contributed by atoms with E-state index in [9.17, 15) is 24.5 Å². The van der Waals surface area contributed by atoms with Crippen LogP contribution >= 0.6 is 0 Å². The molecule has 0 saturated carbocycles. The molecule has 0 fully saturated rings. The van der Waals surface area contributed by atoms with Crippen molar-refractivity contribution in [2.24, 2.45) is 5.10 Å². The lowest BCUT2D eigenvalue weighted by atomic mass is 10.2. The minimum Gasteiger partial charge on any atom is -0.423 e. The first-order valence-corrected chi connectivity index (χ1v) is 11.6. The van der Waals surface area contributed by atoms with Gasteiger partial charge >= 0.3 is 5.97 Å². The van der Waals surface area contributed by atoms with E-state index in [4.69, 9.17) is 4.74 Å². The summed E-state index contributed by atoms with van der Waals surface area (Å²) in [6.07, 6.45) is 3.95. The summed E-state index contributed by atoms with van der Waals surface area (Å²) in [6.45, 7) is 0.540. The molecule has 0 aliphatic rings. The molecule has 0 atom stereocenters. The first-order valence-electron chi connectivity index (χ1n) is 11.6. The number of nitrogens with zero attached hydrogens (tertiary/aromatic N) is 2. The molecule has 10 heteroatoms. The molecule has 2 N–H and O–H groups in total. The SMILES string of the molecule is O=C(CCCCCNC(=O)c1ccccc1)NN=Cc1cccc(OC(=O)c2ccc([N+](=O)[O-])cc2)c1. The van der Waals surface area contributed by atoms with E-state index < -0.39 is 10.9 Å². The van der Waals surface area contributed by atoms with Crippen LogP contribution in [0.4, 0.5) is 5.69 Å². The number of amides is 2. The highest BCUT2D eigenvalue weighted by atomic mass is 16.6. The minimum absolute atomic E-state index is 0.113. The smallest absolute Gasteiger partial charge is 0.343 e. The monoisotopic (exact) mass is 502 g/mol. The van der Waals surface area contributed by atoms with Crippen molar-refractivity contribution in [3.05, 3.63) is 106 Å². The van der Waals surface area contributed by atoms with E-state index in [1.54, 1.807) is 36.4 Å². The van der Waals surface area contributed by atoms with Gasteiger partial charge in [0.15, 0.2) is 0 Å². The van der Waals surface area contributed by atoms with Gasteiger partial charge in [0.25, 0.3) is 11.6 Å². The van der Waals surface area contributed by atoms with Gasteiger partial charge in [0, 0.05) is 30.7 Å². The third kappa shape index (κ3) is 9.02. The number of unbranched alkanes of at least 4 members (excludes halogenated alkanes) is 2. The number of esters is 1. The van der Waals surface area contributed by atoms with Crippen LogP contribution < -0.4 is 15.5 Å². The van der Waals surface area contributed by atoms with Crippen LogP contribution in [0.2, 0.25) is 0 Å². The quantitative estimate of drug-likeness (QED) is 0.0947. The number of ether oxygens (including phenoxy) is 1. The molecular weight excluding hydrogens is 476 g/mol. The zero-order valence-electron chi connectivity index (χ0n) is 20.0. The van der Waals surface area contributed by atoms with Gasteiger partial charge in [0.05, 0.1) is 16.7 Å². The molecular formula is C27H26N4O6. The van der Waals surface area contributed by atoms with Gasteiger partial charge in [-0.15, -0.1) is 0 Å². The Morgan fingerprint density at radius 3 is 2.38 bits per heavy atom. The predicted octanol–water partition coefficient (Wildman–Crippen LogP) is 4.25. The molecule has 37 heavy (non-hydrogen) atoms. The van der Waals surface area contributed by atoms with E-state index in [1.165, 1.54) is 30.5 Å². The molecule has 190 valence electrons. The van der Waals surface area contributed by atoms with Crippen molar-refractivity contribution < 1.29 is 24.0 Å². The van der Waals surface area contributed by atoms with Gasteiger partial charge in [-0.3, -0.25) is 19.7 Å². The van der Waals surface area contributed by atoms with Gasteiger partial charge in [-0.1, -0.05) is 36.8 Å². The average molecular weight is 503 g/mol. The highest BCUT2D eigenvalue weighted by Gasteiger charge is 2.12. The molecule has 2 amide bonds. The molecule has 0 radical (unpaired) electrons. The maximum absolute atomic E-state index is 12.3. The summed E-state index contributed by atoms with van der Waals surface area (Å²) < 4.78 is 5.31. The van der Waals surface area contributed by atoms with Crippen LogP contribution in [0.3, 0.4) is 0 Å². The average Bonchev–Trinajstić information content (AvgIpc) is 2.91. The number of carbonyl (C=O) groups excluding carboxylic acids is 3. The summed E-state index contributed by atoms with van der Waals surface area (Å²) in [5, 5.41) is 17.5. The molecule has 0 spiro atoms. The molecule has 3 rings (SSSR count). The molecule has 3 aromatic rings. The van der Waals surface area contributed by atoms with Gasteiger partial charge in [-0.25, -0.2) is 10.2 Å². The Labute approximate surface area is 213 Å². The van der Waals surface area contributed by atoms with E-state index in [0.29, 0.717) is 30.5 Å². The summed E-state index contributed by atoms with van der Waals surface area (Å²) in [5.41, 5.74) is 3.73. The molecule has 3 aromatic carbocycles. The van der Waals surface area contributed by atoms with E-state index in [2.05, 4.69) is 15.8 Å². The maximum Gasteiger partial charge on any atom is 0.343 e. The third-order valence-electron chi connectivity index (χ3n) is 5.19. The van der Waals surface area contributed by atoms with Crippen LogP contribution in [0.1, 0.15) is 52.0 Å². The van der Waals surface area contributed by atoms with E-state index in [1.807, 2.05) is 18.2 Å². The normalized spacial score (nSPS) is 10.6. The first kappa shape index (κ1) is 26.7. The van der Waals surface area contributed by atoms with E-state index in [-0.39, 0.29) is 28.8 Å². The van der Waals surface area contributed by atoms with Gasteiger partial charge < -0.3 is 10.1 Å². The molecule has 0 aliphatic heterocycles. The molecule has 10 nitrogen and oxygen atoms in total. The number of benzene rings is 3. The molecule has 0 bridgehead atoms. The van der Waals surface area contributed by atoms with Crippen LogP contribution in [0.15, 0.2) is 84.0 Å². The van der Waals surface area contributed by atoms with Crippen LogP contribution in [0, 0.1) is 10.1 Å². The Kier molecular flexibility index (Phi) is 10.0. The lowest BCUT2D eigenvalue weighted by Gasteiger charge is -2.05. The van der Waals surface area contributed by atoms with Crippen molar-refractivity contribution in [3.63, 3.8) is 0 Å². The number of rotatable bonds is 12. The Bertz CT molecular complexity index is 1260. The Balaban J connectivity index is 1.35. The van der Waals surface area contributed by atoms with Crippen LogP contribution in [-0.4, -0.2) is 35.5 Å².